The van der Waals surface area contributed by atoms with Crippen LogP contribution >= 0.6 is 0 Å². The van der Waals surface area contributed by atoms with Gasteiger partial charge in [-0.3, -0.25) is 0 Å². The maximum absolute atomic E-state index is 5.23. The molecule has 6 heteroatoms. The van der Waals surface area contributed by atoms with E-state index in [9.17, 15) is 0 Å². The molecule has 0 radical (unpaired) electrons. The first kappa shape index (κ1) is 14.4. The zero-order valence-electron chi connectivity index (χ0n) is 13.5. The Kier molecular flexibility index (Phi) is 3.49. The summed E-state index contributed by atoms with van der Waals surface area (Å²) in [5.74, 6) is 1.46. The second-order valence-corrected chi connectivity index (χ2v) is 5.74. The van der Waals surface area contributed by atoms with Crippen LogP contribution in [0.15, 0.2) is 54.6 Å². The van der Waals surface area contributed by atoms with E-state index in [0.717, 1.165) is 22.6 Å². The van der Waals surface area contributed by atoms with Crippen molar-refractivity contribution in [3.05, 3.63) is 71.3 Å². The number of aromatic nitrogens is 4. The Morgan fingerprint density at radius 2 is 1.79 bits per heavy atom. The smallest absolute Gasteiger partial charge is 0.248 e. The number of anilines is 1. The van der Waals surface area contributed by atoms with Crippen molar-refractivity contribution in [3.8, 4) is 5.75 Å². The molecule has 0 saturated carbocycles. The average Bonchev–Trinajstić information content (AvgIpc) is 3.10. The summed E-state index contributed by atoms with van der Waals surface area (Å²) in [5.41, 5.74) is 4.40. The topological polar surface area (TPSA) is 64.9 Å². The predicted octanol–water partition coefficient (Wildman–Crippen LogP) is 3.05. The van der Waals surface area contributed by atoms with Crippen LogP contribution in [0.4, 0.5) is 5.95 Å². The van der Waals surface area contributed by atoms with Gasteiger partial charge < -0.3 is 10.1 Å². The molecule has 1 aliphatic rings. The zero-order chi connectivity index (χ0) is 16.5. The summed E-state index contributed by atoms with van der Waals surface area (Å²) in [6.45, 7) is 2.08. The molecule has 0 fully saturated rings. The second-order valence-electron chi connectivity index (χ2n) is 5.74. The van der Waals surface area contributed by atoms with Gasteiger partial charge in [0, 0.05) is 5.70 Å². The van der Waals surface area contributed by atoms with Gasteiger partial charge in [0.25, 0.3) is 0 Å². The lowest BCUT2D eigenvalue weighted by molar-refractivity contribution is 0.415. The normalized spacial score (nSPS) is 16.1. The first-order valence-corrected chi connectivity index (χ1v) is 7.72. The van der Waals surface area contributed by atoms with Gasteiger partial charge in [-0.15, -0.1) is 0 Å². The van der Waals surface area contributed by atoms with E-state index in [1.807, 2.05) is 24.3 Å². The Balaban J connectivity index is 1.76. The average molecular weight is 319 g/mol. The first-order valence-electron chi connectivity index (χ1n) is 7.72. The Hall–Kier alpha value is -3.15. The van der Waals surface area contributed by atoms with E-state index in [1.165, 1.54) is 5.56 Å². The van der Waals surface area contributed by atoms with Crippen LogP contribution in [0.3, 0.4) is 0 Å². The maximum Gasteiger partial charge on any atom is 0.248 e. The van der Waals surface area contributed by atoms with Crippen molar-refractivity contribution in [2.24, 2.45) is 0 Å². The van der Waals surface area contributed by atoms with Crippen molar-refractivity contribution in [1.82, 2.24) is 20.2 Å². The summed E-state index contributed by atoms with van der Waals surface area (Å²) in [5, 5.41) is 15.3. The number of nitrogens with one attached hydrogen (secondary N) is 1. The Morgan fingerprint density at radius 1 is 1.04 bits per heavy atom. The molecule has 120 valence electrons. The molecular weight excluding hydrogens is 302 g/mol. The fraction of sp³-hybridized carbons (Fsp3) is 0.167. The molecule has 4 rings (SSSR count). The molecule has 2 aromatic carbocycles. The highest BCUT2D eigenvalue weighted by molar-refractivity contribution is 5.77. The summed E-state index contributed by atoms with van der Waals surface area (Å²) in [6, 6.07) is 16.3. The minimum absolute atomic E-state index is 0.0473. The first-order chi connectivity index (χ1) is 11.7. The van der Waals surface area contributed by atoms with Gasteiger partial charge in [0.05, 0.1) is 7.11 Å². The summed E-state index contributed by atoms with van der Waals surface area (Å²) >= 11 is 0. The fourth-order valence-corrected chi connectivity index (χ4v) is 2.79. The van der Waals surface area contributed by atoms with Crippen LogP contribution in [0, 0.1) is 6.92 Å². The number of fused-ring (bicyclic) bond motifs is 1. The Morgan fingerprint density at radius 3 is 2.50 bits per heavy atom. The van der Waals surface area contributed by atoms with Crippen LogP contribution in [-0.4, -0.2) is 27.3 Å². The number of allylic oxidation sites excluding steroid dienone is 1. The lowest BCUT2D eigenvalue weighted by Crippen LogP contribution is -2.20. The van der Waals surface area contributed by atoms with E-state index >= 15 is 0 Å². The van der Waals surface area contributed by atoms with Crippen molar-refractivity contribution in [2.75, 3.05) is 12.4 Å². The molecule has 0 bridgehead atoms. The van der Waals surface area contributed by atoms with E-state index in [-0.39, 0.29) is 6.04 Å². The number of aryl methyl sites for hydroxylation is 1. The molecule has 1 aliphatic heterocycles. The molecule has 0 amide bonds. The highest BCUT2D eigenvalue weighted by Crippen LogP contribution is 2.32. The molecular formula is C18H17N5O. The largest absolute Gasteiger partial charge is 0.497 e. The molecule has 1 N–H and O–H groups in total. The van der Waals surface area contributed by atoms with E-state index in [2.05, 4.69) is 58.1 Å². The minimum atomic E-state index is -0.0473. The molecule has 2 heterocycles. The Labute approximate surface area is 139 Å². The van der Waals surface area contributed by atoms with E-state index < -0.39 is 0 Å². The molecule has 0 spiro atoms. The van der Waals surface area contributed by atoms with Crippen LogP contribution in [0.5, 0.6) is 5.75 Å². The van der Waals surface area contributed by atoms with Crippen molar-refractivity contribution >= 4 is 11.6 Å². The summed E-state index contributed by atoms with van der Waals surface area (Å²) in [4.78, 5) is 0. The van der Waals surface area contributed by atoms with Crippen LogP contribution in [0.1, 0.15) is 22.7 Å². The highest BCUT2D eigenvalue weighted by atomic mass is 16.5. The van der Waals surface area contributed by atoms with Crippen LogP contribution < -0.4 is 10.1 Å². The van der Waals surface area contributed by atoms with Crippen LogP contribution in [0.25, 0.3) is 5.70 Å². The number of benzene rings is 2. The summed E-state index contributed by atoms with van der Waals surface area (Å²) < 4.78 is 7.02. The van der Waals surface area contributed by atoms with Crippen LogP contribution in [0.2, 0.25) is 0 Å². The monoisotopic (exact) mass is 319 g/mol. The van der Waals surface area contributed by atoms with Crippen molar-refractivity contribution in [2.45, 2.75) is 13.0 Å². The third-order valence-electron chi connectivity index (χ3n) is 4.15. The van der Waals surface area contributed by atoms with E-state index in [4.69, 9.17) is 4.74 Å². The standard InChI is InChI=1S/C18H17N5O/c1-12-3-5-14(6-4-12)17-11-16(19-18-20-21-22-23(17)18)13-7-9-15(24-2)10-8-13/h3-11,17H,1-2H3,(H,19,20,22)/t17-/m1/s1. The molecule has 1 atom stereocenters. The maximum atomic E-state index is 5.23. The minimum Gasteiger partial charge on any atom is -0.497 e. The molecule has 0 aliphatic carbocycles. The fourth-order valence-electron chi connectivity index (χ4n) is 2.79. The highest BCUT2D eigenvalue weighted by Gasteiger charge is 2.24. The molecule has 0 unspecified atom stereocenters. The zero-order valence-corrected chi connectivity index (χ0v) is 13.5. The van der Waals surface area contributed by atoms with Gasteiger partial charge in [0.15, 0.2) is 0 Å². The number of hydrogen-bond donors (Lipinski definition) is 1. The number of nitrogens with zero attached hydrogens (tertiary/aromatic N) is 4. The molecule has 0 saturated heterocycles. The Bertz CT molecular complexity index is 881. The van der Waals surface area contributed by atoms with E-state index in [1.54, 1.807) is 11.8 Å². The number of rotatable bonds is 3. The third-order valence-corrected chi connectivity index (χ3v) is 4.15. The predicted molar refractivity (Wildman–Crippen MR) is 91.7 cm³/mol. The van der Waals surface area contributed by atoms with Gasteiger partial charge in [-0.25, -0.2) is 0 Å². The molecule has 1 aromatic heterocycles. The van der Waals surface area contributed by atoms with Crippen molar-refractivity contribution in [3.63, 3.8) is 0 Å². The lowest BCUT2D eigenvalue weighted by Gasteiger charge is -2.23. The molecule has 6 nitrogen and oxygen atoms in total. The van der Waals surface area contributed by atoms with Gasteiger partial charge >= 0.3 is 0 Å². The third kappa shape index (κ3) is 2.52. The van der Waals surface area contributed by atoms with Gasteiger partial charge in [0.1, 0.15) is 11.8 Å². The van der Waals surface area contributed by atoms with Gasteiger partial charge in [-0.1, -0.05) is 34.9 Å². The van der Waals surface area contributed by atoms with E-state index in [0.29, 0.717) is 5.95 Å². The van der Waals surface area contributed by atoms with Gasteiger partial charge in [0.2, 0.25) is 5.95 Å². The molecule has 24 heavy (non-hydrogen) atoms. The molecule has 3 aromatic rings. The quantitative estimate of drug-likeness (QED) is 0.804. The van der Waals surface area contributed by atoms with Gasteiger partial charge in [-0.2, -0.15) is 4.68 Å². The number of tetrazole rings is 1. The summed E-state index contributed by atoms with van der Waals surface area (Å²) in [6.07, 6.45) is 2.13. The van der Waals surface area contributed by atoms with Crippen LogP contribution in [-0.2, 0) is 0 Å². The van der Waals surface area contributed by atoms with Crippen molar-refractivity contribution in [1.29, 1.82) is 0 Å². The lowest BCUT2D eigenvalue weighted by atomic mass is 10.0. The number of ether oxygens (including phenoxy) is 1. The summed E-state index contributed by atoms with van der Waals surface area (Å²) in [7, 11) is 1.66. The number of hydrogen-bond acceptors (Lipinski definition) is 5. The second kappa shape index (κ2) is 5.81. The SMILES string of the molecule is COc1ccc(C2=C[C@H](c3ccc(C)cc3)n3nnnc3N2)cc1. The van der Waals surface area contributed by atoms with Gasteiger partial charge in [-0.05, 0) is 58.8 Å². The number of methoxy groups -OCH3 is 1. The van der Waals surface area contributed by atoms with Crippen molar-refractivity contribution < 1.29 is 4.74 Å².